The molecule has 98 valence electrons. The molecule has 2 rings (SSSR count). The molecule has 0 aliphatic heterocycles. The third-order valence-electron chi connectivity index (χ3n) is 3.28. The molecule has 1 heterocycles. The summed E-state index contributed by atoms with van der Waals surface area (Å²) in [7, 11) is 1.29. The monoisotopic (exact) mass is 269 g/mol. The van der Waals surface area contributed by atoms with Crippen LogP contribution in [0.15, 0.2) is 0 Å². The third kappa shape index (κ3) is 2.56. The van der Waals surface area contributed by atoms with Gasteiger partial charge in [-0.3, -0.25) is 0 Å². The Morgan fingerprint density at radius 1 is 1.33 bits per heavy atom. The van der Waals surface area contributed by atoms with Crippen LogP contribution in [0.1, 0.15) is 54.2 Å². The summed E-state index contributed by atoms with van der Waals surface area (Å²) in [6.45, 7) is 0. The maximum Gasteiger partial charge on any atom is 0.360 e. The zero-order chi connectivity index (χ0) is 13.1. The molecule has 2 N–H and O–H groups in total. The molecule has 0 spiro atoms. The molecule has 0 amide bonds. The van der Waals surface area contributed by atoms with E-state index in [0.29, 0.717) is 10.8 Å². The second kappa shape index (κ2) is 5.52. The summed E-state index contributed by atoms with van der Waals surface area (Å²) < 4.78 is 4.63. The Bertz CT molecular complexity index is 459. The molecule has 0 bridgehead atoms. The Hall–Kier alpha value is -1.36. The highest BCUT2D eigenvalue weighted by molar-refractivity contribution is 6.30. The number of methoxy groups -OCH3 is 1. The highest BCUT2D eigenvalue weighted by Crippen LogP contribution is 2.35. The minimum Gasteiger partial charge on any atom is -0.464 e. The molecule has 1 aromatic heterocycles. The summed E-state index contributed by atoms with van der Waals surface area (Å²) >= 11 is 6.08. The molecule has 0 saturated heterocycles. The molecule has 1 aliphatic rings. The number of carbonyl (C=O) groups excluding carboxylic acids is 1. The summed E-state index contributed by atoms with van der Waals surface area (Å²) in [6.07, 6.45) is 5.60. The highest BCUT2D eigenvalue weighted by Gasteiger charge is 2.24. The fourth-order valence-corrected chi connectivity index (χ4v) is 2.61. The maximum absolute atomic E-state index is 11.5. The van der Waals surface area contributed by atoms with Gasteiger partial charge < -0.3 is 10.5 Å². The number of ether oxygens (including phenoxy) is 1. The first kappa shape index (κ1) is 13.1. The molecule has 1 aliphatic carbocycles. The second-order valence-corrected chi connectivity index (χ2v) is 4.82. The van der Waals surface area contributed by atoms with Crippen molar-refractivity contribution < 1.29 is 9.53 Å². The number of carbonyl (C=O) groups is 1. The summed E-state index contributed by atoms with van der Waals surface area (Å²) in [5.74, 6) is -0.289. The van der Waals surface area contributed by atoms with Crippen LogP contribution in [-0.2, 0) is 4.74 Å². The van der Waals surface area contributed by atoms with Crippen molar-refractivity contribution >= 4 is 23.4 Å². The number of aromatic nitrogens is 2. The average Bonchev–Trinajstić information content (AvgIpc) is 2.39. The van der Waals surface area contributed by atoms with Crippen LogP contribution in [0.4, 0.5) is 5.82 Å². The molecule has 6 heteroatoms. The minimum absolute atomic E-state index is 0.0198. The lowest BCUT2D eigenvalue weighted by atomic mass is 9.87. The van der Waals surface area contributed by atoms with E-state index in [-0.39, 0.29) is 17.4 Å². The maximum atomic E-state index is 11.5. The number of nitrogen functional groups attached to an aromatic ring is 1. The Morgan fingerprint density at radius 3 is 2.61 bits per heavy atom. The zero-order valence-electron chi connectivity index (χ0n) is 10.3. The van der Waals surface area contributed by atoms with E-state index in [9.17, 15) is 4.79 Å². The number of esters is 1. The van der Waals surface area contributed by atoms with Gasteiger partial charge in [-0.1, -0.05) is 30.9 Å². The molecule has 0 aromatic carbocycles. The van der Waals surface area contributed by atoms with Crippen LogP contribution in [-0.4, -0.2) is 23.0 Å². The number of nitrogens with two attached hydrogens (primary N) is 1. The lowest BCUT2D eigenvalue weighted by molar-refractivity contribution is 0.0594. The predicted molar refractivity (Wildman–Crippen MR) is 68.6 cm³/mol. The van der Waals surface area contributed by atoms with E-state index in [4.69, 9.17) is 17.3 Å². The summed E-state index contributed by atoms with van der Waals surface area (Å²) in [5.41, 5.74) is 6.37. The minimum atomic E-state index is -0.575. The van der Waals surface area contributed by atoms with Crippen LogP contribution in [0.2, 0.25) is 5.15 Å². The van der Waals surface area contributed by atoms with Crippen molar-refractivity contribution in [1.29, 1.82) is 0 Å². The molecule has 5 nitrogen and oxygen atoms in total. The van der Waals surface area contributed by atoms with Gasteiger partial charge in [-0.15, -0.1) is 0 Å². The number of anilines is 1. The standard InChI is InChI=1S/C12H16ClN3O2/c1-18-12(17)9-11(14)16-10(13)8(15-9)7-5-3-2-4-6-7/h7H,2-6H2,1H3,(H2,14,16). The van der Waals surface area contributed by atoms with Gasteiger partial charge in [0.25, 0.3) is 0 Å². The molecule has 18 heavy (non-hydrogen) atoms. The SMILES string of the molecule is COC(=O)c1nc(C2CCCCC2)c(Cl)nc1N. The summed E-state index contributed by atoms with van der Waals surface area (Å²) in [6, 6.07) is 0. The molecule has 0 radical (unpaired) electrons. The molecular formula is C12H16ClN3O2. The lowest BCUT2D eigenvalue weighted by Gasteiger charge is -2.22. The van der Waals surface area contributed by atoms with Crippen LogP contribution in [0.25, 0.3) is 0 Å². The van der Waals surface area contributed by atoms with Crippen molar-refractivity contribution in [3.05, 3.63) is 16.5 Å². The van der Waals surface area contributed by atoms with Crippen molar-refractivity contribution in [2.75, 3.05) is 12.8 Å². The molecular weight excluding hydrogens is 254 g/mol. The van der Waals surface area contributed by atoms with Crippen molar-refractivity contribution in [2.45, 2.75) is 38.0 Å². The van der Waals surface area contributed by atoms with Gasteiger partial charge in [-0.2, -0.15) is 0 Å². The van der Waals surface area contributed by atoms with Crippen molar-refractivity contribution in [3.8, 4) is 0 Å². The van der Waals surface area contributed by atoms with Crippen molar-refractivity contribution in [1.82, 2.24) is 9.97 Å². The van der Waals surface area contributed by atoms with Crippen molar-refractivity contribution in [3.63, 3.8) is 0 Å². The van der Waals surface area contributed by atoms with Gasteiger partial charge in [0, 0.05) is 5.92 Å². The summed E-state index contributed by atoms with van der Waals surface area (Å²) in [4.78, 5) is 19.8. The second-order valence-electron chi connectivity index (χ2n) is 4.46. The first-order valence-corrected chi connectivity index (χ1v) is 6.42. The molecule has 0 atom stereocenters. The van der Waals surface area contributed by atoms with Crippen molar-refractivity contribution in [2.24, 2.45) is 0 Å². The smallest absolute Gasteiger partial charge is 0.360 e. The van der Waals surface area contributed by atoms with E-state index in [0.717, 1.165) is 25.7 Å². The Kier molecular flexibility index (Phi) is 4.01. The lowest BCUT2D eigenvalue weighted by Crippen LogP contribution is -2.15. The Labute approximate surface area is 111 Å². The van der Waals surface area contributed by atoms with E-state index < -0.39 is 5.97 Å². The highest BCUT2D eigenvalue weighted by atomic mass is 35.5. The number of nitrogens with zero attached hydrogens (tertiary/aromatic N) is 2. The van der Waals surface area contributed by atoms with Gasteiger partial charge in [-0.25, -0.2) is 14.8 Å². The third-order valence-corrected chi connectivity index (χ3v) is 3.55. The van der Waals surface area contributed by atoms with Crippen LogP contribution in [0.5, 0.6) is 0 Å². The first-order chi connectivity index (χ1) is 8.63. The molecule has 1 fully saturated rings. The van der Waals surface area contributed by atoms with Gasteiger partial charge in [-0.05, 0) is 12.8 Å². The van der Waals surface area contributed by atoms with Crippen LogP contribution in [0.3, 0.4) is 0 Å². The van der Waals surface area contributed by atoms with Gasteiger partial charge in [0.05, 0.1) is 12.8 Å². The Balaban J connectivity index is 2.37. The van der Waals surface area contributed by atoms with Gasteiger partial charge in [0.1, 0.15) is 0 Å². The van der Waals surface area contributed by atoms with E-state index >= 15 is 0 Å². The van der Waals surface area contributed by atoms with Crippen LogP contribution >= 0.6 is 11.6 Å². The van der Waals surface area contributed by atoms with E-state index in [2.05, 4.69) is 14.7 Å². The number of halogens is 1. The molecule has 1 saturated carbocycles. The Morgan fingerprint density at radius 2 is 2.00 bits per heavy atom. The van der Waals surface area contributed by atoms with Crippen LogP contribution in [0, 0.1) is 0 Å². The van der Waals surface area contributed by atoms with E-state index in [1.54, 1.807) is 0 Å². The first-order valence-electron chi connectivity index (χ1n) is 6.04. The number of hydrogen-bond donors (Lipinski definition) is 1. The predicted octanol–water partition coefficient (Wildman–Crippen LogP) is 2.55. The zero-order valence-corrected chi connectivity index (χ0v) is 11.0. The van der Waals surface area contributed by atoms with Crippen LogP contribution < -0.4 is 5.73 Å². The molecule has 0 unspecified atom stereocenters. The van der Waals surface area contributed by atoms with E-state index in [1.807, 2.05) is 0 Å². The fraction of sp³-hybridized carbons (Fsp3) is 0.583. The van der Waals surface area contributed by atoms with Gasteiger partial charge in [0.2, 0.25) is 0 Å². The van der Waals surface area contributed by atoms with Gasteiger partial charge >= 0.3 is 5.97 Å². The number of rotatable bonds is 2. The normalized spacial score (nSPS) is 16.6. The summed E-state index contributed by atoms with van der Waals surface area (Å²) in [5, 5.41) is 0.298. The topological polar surface area (TPSA) is 78.1 Å². The quantitative estimate of drug-likeness (QED) is 0.835. The largest absolute Gasteiger partial charge is 0.464 e. The fourth-order valence-electron chi connectivity index (χ4n) is 2.32. The average molecular weight is 270 g/mol. The molecule has 1 aromatic rings. The number of hydrogen-bond acceptors (Lipinski definition) is 5. The van der Waals surface area contributed by atoms with Gasteiger partial charge in [0.15, 0.2) is 16.7 Å². The van der Waals surface area contributed by atoms with E-state index in [1.165, 1.54) is 13.5 Å².